The lowest BCUT2D eigenvalue weighted by atomic mass is 9.87. The number of phenolic OH excluding ortho intramolecular Hbond substituents is 2. The number of hydrogen-bond acceptors (Lipinski definition) is 7. The summed E-state index contributed by atoms with van der Waals surface area (Å²) < 4.78 is 10.9. The van der Waals surface area contributed by atoms with Crippen LogP contribution >= 0.6 is 0 Å². The van der Waals surface area contributed by atoms with Gasteiger partial charge in [0, 0.05) is 41.6 Å². The molecule has 0 unspecified atom stereocenters. The molecule has 0 aliphatic rings. The third-order valence-electron chi connectivity index (χ3n) is 5.09. The number of esters is 1. The Morgan fingerprint density at radius 2 is 1.87 bits per heavy atom. The number of hydrogen-bond donors (Lipinski definition) is 2. The molecule has 2 N–H and O–H groups in total. The molecule has 1 atom stereocenters. The van der Waals surface area contributed by atoms with Crippen molar-refractivity contribution in [1.29, 1.82) is 0 Å². The van der Waals surface area contributed by atoms with E-state index in [0.717, 1.165) is 6.07 Å². The normalized spacial score (nSPS) is 11.9. The van der Waals surface area contributed by atoms with Crippen molar-refractivity contribution in [2.75, 3.05) is 7.11 Å². The molecule has 2 heterocycles. The summed E-state index contributed by atoms with van der Waals surface area (Å²) in [5.74, 6) is -1.69. The van der Waals surface area contributed by atoms with Crippen molar-refractivity contribution < 1.29 is 24.2 Å². The third kappa shape index (κ3) is 3.85. The van der Waals surface area contributed by atoms with E-state index in [1.165, 1.54) is 13.2 Å². The highest BCUT2D eigenvalue weighted by molar-refractivity contribution is 5.90. The fraction of sp³-hybridized carbons (Fsp3) is 0.125. The second kappa shape index (κ2) is 8.31. The van der Waals surface area contributed by atoms with E-state index in [0.29, 0.717) is 11.1 Å². The molecule has 0 saturated carbocycles. The van der Waals surface area contributed by atoms with Gasteiger partial charge in [-0.05, 0) is 11.6 Å². The quantitative estimate of drug-likeness (QED) is 0.473. The van der Waals surface area contributed by atoms with Gasteiger partial charge in [-0.3, -0.25) is 14.6 Å². The van der Waals surface area contributed by atoms with Crippen molar-refractivity contribution in [3.8, 4) is 22.8 Å². The topological polar surface area (TPSA) is 110 Å². The minimum atomic E-state index is -0.724. The molecule has 31 heavy (non-hydrogen) atoms. The average Bonchev–Trinajstić information content (AvgIpc) is 2.78. The first-order valence-electron chi connectivity index (χ1n) is 9.54. The molecule has 2 aromatic carbocycles. The van der Waals surface area contributed by atoms with Gasteiger partial charge in [0.05, 0.1) is 13.5 Å². The monoisotopic (exact) mass is 417 g/mol. The molecule has 0 saturated heterocycles. The summed E-state index contributed by atoms with van der Waals surface area (Å²) >= 11 is 0. The van der Waals surface area contributed by atoms with Crippen LogP contribution in [0.1, 0.15) is 23.5 Å². The highest BCUT2D eigenvalue weighted by Gasteiger charge is 2.28. The predicted octanol–water partition coefficient (Wildman–Crippen LogP) is 3.96. The van der Waals surface area contributed by atoms with Crippen molar-refractivity contribution in [2.24, 2.45) is 0 Å². The average molecular weight is 417 g/mol. The molecule has 0 bridgehead atoms. The lowest BCUT2D eigenvalue weighted by Crippen LogP contribution is -2.12. The molecule has 0 amide bonds. The van der Waals surface area contributed by atoms with Crippen LogP contribution in [0, 0.1) is 0 Å². The summed E-state index contributed by atoms with van der Waals surface area (Å²) in [7, 11) is 1.27. The van der Waals surface area contributed by atoms with Gasteiger partial charge < -0.3 is 19.4 Å². The Morgan fingerprint density at radius 1 is 1.10 bits per heavy atom. The molecule has 4 rings (SSSR count). The highest BCUT2D eigenvalue weighted by Crippen LogP contribution is 2.42. The van der Waals surface area contributed by atoms with Gasteiger partial charge >= 0.3 is 5.97 Å². The van der Waals surface area contributed by atoms with Crippen LogP contribution in [0.2, 0.25) is 0 Å². The smallest absolute Gasteiger partial charge is 0.306 e. The van der Waals surface area contributed by atoms with E-state index in [-0.39, 0.29) is 34.5 Å². The molecule has 0 aliphatic heterocycles. The summed E-state index contributed by atoms with van der Waals surface area (Å²) in [6.07, 6.45) is 3.01. The molecular weight excluding hydrogens is 398 g/mol. The number of nitrogens with zero attached hydrogens (tertiary/aromatic N) is 1. The van der Waals surface area contributed by atoms with Gasteiger partial charge in [-0.2, -0.15) is 0 Å². The van der Waals surface area contributed by atoms with Gasteiger partial charge in [-0.25, -0.2) is 0 Å². The van der Waals surface area contributed by atoms with E-state index < -0.39 is 23.1 Å². The van der Waals surface area contributed by atoms with Crippen LogP contribution in [-0.2, 0) is 9.53 Å². The fourth-order valence-corrected chi connectivity index (χ4v) is 3.62. The van der Waals surface area contributed by atoms with Crippen molar-refractivity contribution in [3.63, 3.8) is 0 Å². The van der Waals surface area contributed by atoms with Crippen LogP contribution in [0.15, 0.2) is 76.2 Å². The van der Waals surface area contributed by atoms with Crippen LogP contribution in [0.3, 0.4) is 0 Å². The number of ether oxygens (including phenoxy) is 1. The maximum Gasteiger partial charge on any atom is 0.306 e. The number of carbonyl (C=O) groups excluding carboxylic acids is 1. The summed E-state index contributed by atoms with van der Waals surface area (Å²) in [5.41, 5.74) is 0.994. The summed E-state index contributed by atoms with van der Waals surface area (Å²) in [5, 5.41) is 21.1. The molecule has 0 fully saturated rings. The molecule has 0 aliphatic carbocycles. The highest BCUT2D eigenvalue weighted by atomic mass is 16.5. The SMILES string of the molecule is COC(=O)C[C@H](c1cccnc1)c1c(O)cc(O)c2c(=O)cc(-c3ccccc3)oc12. The van der Waals surface area contributed by atoms with Gasteiger partial charge in [-0.1, -0.05) is 36.4 Å². The Bertz CT molecular complexity index is 1300. The maximum atomic E-state index is 12.9. The minimum absolute atomic E-state index is 0.00149. The van der Waals surface area contributed by atoms with Crippen LogP contribution in [0.25, 0.3) is 22.3 Å². The van der Waals surface area contributed by atoms with Crippen molar-refractivity contribution in [3.05, 3.63) is 88.3 Å². The Kier molecular flexibility index (Phi) is 5.41. The van der Waals surface area contributed by atoms with E-state index in [2.05, 4.69) is 4.98 Å². The fourth-order valence-electron chi connectivity index (χ4n) is 3.62. The number of aromatic nitrogens is 1. The van der Waals surface area contributed by atoms with Gasteiger partial charge in [0.15, 0.2) is 5.43 Å². The first-order chi connectivity index (χ1) is 15.0. The summed E-state index contributed by atoms with van der Waals surface area (Å²) in [4.78, 5) is 29.2. The largest absolute Gasteiger partial charge is 0.507 e. The van der Waals surface area contributed by atoms with E-state index in [4.69, 9.17) is 9.15 Å². The van der Waals surface area contributed by atoms with Crippen molar-refractivity contribution >= 4 is 16.9 Å². The number of benzene rings is 2. The van der Waals surface area contributed by atoms with Gasteiger partial charge in [0.25, 0.3) is 0 Å². The van der Waals surface area contributed by atoms with Crippen molar-refractivity contribution in [2.45, 2.75) is 12.3 Å². The van der Waals surface area contributed by atoms with E-state index in [1.54, 1.807) is 48.8 Å². The Morgan fingerprint density at radius 3 is 2.55 bits per heavy atom. The number of carbonyl (C=O) groups is 1. The maximum absolute atomic E-state index is 12.9. The first kappa shape index (κ1) is 20.2. The summed E-state index contributed by atoms with van der Waals surface area (Å²) in [6.45, 7) is 0. The lowest BCUT2D eigenvalue weighted by Gasteiger charge is -2.20. The van der Waals surface area contributed by atoms with Gasteiger partial charge in [0.1, 0.15) is 28.2 Å². The van der Waals surface area contributed by atoms with Crippen LogP contribution < -0.4 is 5.43 Å². The van der Waals surface area contributed by atoms with E-state index in [1.807, 2.05) is 6.07 Å². The molecule has 0 spiro atoms. The first-order valence-corrected chi connectivity index (χ1v) is 9.54. The van der Waals surface area contributed by atoms with Gasteiger partial charge in [0.2, 0.25) is 0 Å². The molecule has 7 nitrogen and oxygen atoms in total. The van der Waals surface area contributed by atoms with E-state index in [9.17, 15) is 19.8 Å². The summed E-state index contributed by atoms with van der Waals surface area (Å²) in [6, 6.07) is 14.8. The zero-order valence-electron chi connectivity index (χ0n) is 16.6. The second-order valence-corrected chi connectivity index (χ2v) is 6.99. The third-order valence-corrected chi connectivity index (χ3v) is 5.09. The molecule has 7 heteroatoms. The Hall–Kier alpha value is -4.13. The molecule has 2 aromatic heterocycles. The Balaban J connectivity index is 2.04. The van der Waals surface area contributed by atoms with Crippen LogP contribution in [0.4, 0.5) is 0 Å². The molecular formula is C24H19NO6. The second-order valence-electron chi connectivity index (χ2n) is 6.99. The zero-order chi connectivity index (χ0) is 22.0. The standard InChI is InChI=1S/C24H19NO6/c1-30-21(29)10-16(15-8-5-9-25-13-15)22-17(26)11-18(27)23-19(28)12-20(31-24(22)23)14-6-3-2-4-7-14/h2-9,11-13,16,26-27H,10H2,1H3/t16-/m1/s1. The lowest BCUT2D eigenvalue weighted by molar-refractivity contribution is -0.140. The van der Waals surface area contributed by atoms with Gasteiger partial charge in [-0.15, -0.1) is 0 Å². The van der Waals surface area contributed by atoms with Crippen molar-refractivity contribution in [1.82, 2.24) is 4.98 Å². The minimum Gasteiger partial charge on any atom is -0.507 e. The predicted molar refractivity (Wildman–Crippen MR) is 114 cm³/mol. The number of aromatic hydroxyl groups is 2. The Labute approximate surface area is 177 Å². The number of methoxy groups -OCH3 is 1. The number of rotatable bonds is 5. The van der Waals surface area contributed by atoms with Crippen LogP contribution in [0.5, 0.6) is 11.5 Å². The van der Waals surface area contributed by atoms with Crippen LogP contribution in [-0.4, -0.2) is 28.3 Å². The van der Waals surface area contributed by atoms with E-state index >= 15 is 0 Å². The number of phenols is 2. The number of pyridine rings is 1. The molecule has 156 valence electrons. The molecule has 4 aromatic rings. The number of fused-ring (bicyclic) bond motifs is 1. The molecule has 0 radical (unpaired) electrons. The zero-order valence-corrected chi connectivity index (χ0v) is 16.6.